The fraction of sp³-hybridized carbons (Fsp3) is 0.765. The van der Waals surface area contributed by atoms with Crippen molar-refractivity contribution in [3.05, 3.63) is 17.5 Å². The lowest BCUT2D eigenvalue weighted by Crippen LogP contribution is -2.44. The minimum atomic E-state index is 0.0239. The van der Waals surface area contributed by atoms with Crippen molar-refractivity contribution in [2.45, 2.75) is 39.7 Å². The van der Waals surface area contributed by atoms with Crippen LogP contribution in [0.25, 0.3) is 0 Å². The Hall–Kier alpha value is -1.60. The van der Waals surface area contributed by atoms with Gasteiger partial charge in [0.05, 0.1) is 12.3 Å². The first-order chi connectivity index (χ1) is 11.6. The van der Waals surface area contributed by atoms with Gasteiger partial charge in [-0.25, -0.2) is 0 Å². The predicted octanol–water partition coefficient (Wildman–Crippen LogP) is 0.844. The molecule has 1 unspecified atom stereocenters. The molecular weight excluding hydrogens is 306 g/mol. The highest BCUT2D eigenvalue weighted by atomic mass is 16.5. The topological polar surface area (TPSA) is 83.7 Å². The van der Waals surface area contributed by atoms with E-state index in [9.17, 15) is 5.11 Å². The third-order valence-electron chi connectivity index (χ3n) is 4.62. The summed E-state index contributed by atoms with van der Waals surface area (Å²) in [7, 11) is 1.78. The molecule has 24 heavy (non-hydrogen) atoms. The van der Waals surface area contributed by atoms with Crippen molar-refractivity contribution >= 4 is 5.96 Å². The van der Waals surface area contributed by atoms with Crippen LogP contribution in [0.2, 0.25) is 0 Å². The number of hydrogen-bond donors (Lipinski definition) is 3. The summed E-state index contributed by atoms with van der Waals surface area (Å²) in [5.74, 6) is 0.799. The summed E-state index contributed by atoms with van der Waals surface area (Å²) >= 11 is 0. The molecule has 7 heteroatoms. The van der Waals surface area contributed by atoms with Crippen molar-refractivity contribution in [3.63, 3.8) is 0 Å². The highest BCUT2D eigenvalue weighted by molar-refractivity contribution is 5.79. The van der Waals surface area contributed by atoms with Crippen molar-refractivity contribution in [2.75, 3.05) is 40.0 Å². The molecule has 3 N–H and O–H groups in total. The summed E-state index contributed by atoms with van der Waals surface area (Å²) in [5, 5.41) is 20.5. The Morgan fingerprint density at radius 1 is 1.46 bits per heavy atom. The zero-order valence-corrected chi connectivity index (χ0v) is 15.1. The highest BCUT2D eigenvalue weighted by Crippen LogP contribution is 2.31. The van der Waals surface area contributed by atoms with Crippen LogP contribution in [0, 0.1) is 19.3 Å². The average Bonchev–Trinajstić information content (AvgIpc) is 3.14. The molecule has 0 aliphatic carbocycles. The number of ether oxygens (including phenoxy) is 1. The first-order valence-electron chi connectivity index (χ1n) is 8.73. The average molecular weight is 337 g/mol. The van der Waals surface area contributed by atoms with E-state index in [-0.39, 0.29) is 12.0 Å². The zero-order valence-electron chi connectivity index (χ0n) is 15.1. The smallest absolute Gasteiger partial charge is 0.190 e. The largest absolute Gasteiger partial charge is 0.396 e. The molecule has 0 bridgehead atoms. The van der Waals surface area contributed by atoms with E-state index in [1.165, 1.54) is 5.69 Å². The molecule has 1 aromatic heterocycles. The van der Waals surface area contributed by atoms with Crippen molar-refractivity contribution in [1.29, 1.82) is 0 Å². The normalized spacial score (nSPS) is 21.2. The Morgan fingerprint density at radius 2 is 2.29 bits per heavy atom. The lowest BCUT2D eigenvalue weighted by molar-refractivity contribution is 0.127. The first-order valence-corrected chi connectivity index (χ1v) is 8.73. The highest BCUT2D eigenvalue weighted by Gasteiger charge is 2.34. The molecule has 1 aromatic rings. The Labute approximate surface area is 144 Å². The number of aliphatic hydroxyl groups excluding tert-OH is 1. The Kier molecular flexibility index (Phi) is 7.05. The van der Waals surface area contributed by atoms with E-state index in [2.05, 4.69) is 33.7 Å². The Balaban J connectivity index is 1.71. The molecule has 0 saturated carbocycles. The molecular formula is C17H31N5O2. The number of aliphatic imine (C=N–C) groups is 1. The van der Waals surface area contributed by atoms with Crippen LogP contribution in [-0.2, 0) is 11.3 Å². The van der Waals surface area contributed by atoms with Gasteiger partial charge in [-0.1, -0.05) is 0 Å². The van der Waals surface area contributed by atoms with Gasteiger partial charge in [-0.05, 0) is 39.2 Å². The van der Waals surface area contributed by atoms with Gasteiger partial charge in [0.25, 0.3) is 0 Å². The Morgan fingerprint density at radius 3 is 2.88 bits per heavy atom. The lowest BCUT2D eigenvalue weighted by atomic mass is 9.84. The number of hydrogen-bond acceptors (Lipinski definition) is 4. The molecule has 1 aliphatic rings. The van der Waals surface area contributed by atoms with Gasteiger partial charge in [0.1, 0.15) is 0 Å². The number of nitrogens with one attached hydrogen (secondary N) is 2. The van der Waals surface area contributed by atoms with Crippen molar-refractivity contribution in [3.8, 4) is 0 Å². The van der Waals surface area contributed by atoms with E-state index < -0.39 is 0 Å². The second-order valence-corrected chi connectivity index (χ2v) is 6.63. The van der Waals surface area contributed by atoms with Gasteiger partial charge in [-0.15, -0.1) is 0 Å². The van der Waals surface area contributed by atoms with E-state index in [4.69, 9.17) is 4.74 Å². The quantitative estimate of drug-likeness (QED) is 0.372. The van der Waals surface area contributed by atoms with Gasteiger partial charge in [0.2, 0.25) is 0 Å². The number of aromatic nitrogens is 2. The van der Waals surface area contributed by atoms with Crippen molar-refractivity contribution in [1.82, 2.24) is 20.4 Å². The van der Waals surface area contributed by atoms with Crippen molar-refractivity contribution < 1.29 is 9.84 Å². The van der Waals surface area contributed by atoms with Gasteiger partial charge in [0, 0.05) is 51.0 Å². The summed E-state index contributed by atoms with van der Waals surface area (Å²) in [6, 6.07) is 2.10. The third kappa shape index (κ3) is 5.21. The fourth-order valence-electron chi connectivity index (χ4n) is 3.14. The molecule has 1 atom stereocenters. The molecule has 136 valence electrons. The predicted molar refractivity (Wildman–Crippen MR) is 95.3 cm³/mol. The lowest BCUT2D eigenvalue weighted by Gasteiger charge is -2.27. The standard InChI is InChI=1S/C17H31N5O2/c1-14-11-15(2)22(21-14)8-4-7-19-16(18-3)20-12-17(5-9-23)6-10-24-13-17/h11,23H,4-10,12-13H2,1-3H3,(H2,18,19,20). The minimum absolute atomic E-state index is 0.0239. The van der Waals surface area contributed by atoms with E-state index in [1.807, 2.05) is 11.6 Å². The van der Waals surface area contributed by atoms with E-state index in [0.717, 1.165) is 57.2 Å². The van der Waals surface area contributed by atoms with Gasteiger partial charge in [-0.2, -0.15) is 5.10 Å². The second-order valence-electron chi connectivity index (χ2n) is 6.63. The summed E-state index contributed by atoms with van der Waals surface area (Å²) in [6.45, 7) is 8.27. The van der Waals surface area contributed by atoms with E-state index in [0.29, 0.717) is 6.61 Å². The minimum Gasteiger partial charge on any atom is -0.396 e. The third-order valence-corrected chi connectivity index (χ3v) is 4.62. The van der Waals surface area contributed by atoms with Crippen LogP contribution in [0.5, 0.6) is 0 Å². The summed E-state index contributed by atoms with van der Waals surface area (Å²) in [6.07, 6.45) is 2.72. The molecule has 1 saturated heterocycles. The maximum absolute atomic E-state index is 9.28. The number of guanidine groups is 1. The van der Waals surface area contributed by atoms with Crippen molar-refractivity contribution in [2.24, 2.45) is 10.4 Å². The van der Waals surface area contributed by atoms with Crippen LogP contribution in [-0.4, -0.2) is 60.8 Å². The molecule has 0 amide bonds. The maximum Gasteiger partial charge on any atom is 0.190 e. The molecule has 1 aliphatic heterocycles. The van der Waals surface area contributed by atoms with Crippen LogP contribution < -0.4 is 10.6 Å². The molecule has 1 fully saturated rings. The van der Waals surface area contributed by atoms with Gasteiger partial charge < -0.3 is 20.5 Å². The van der Waals surface area contributed by atoms with Crippen LogP contribution in [0.3, 0.4) is 0 Å². The number of nitrogens with zero attached hydrogens (tertiary/aromatic N) is 3. The second kappa shape index (κ2) is 9.03. The zero-order chi connectivity index (χ0) is 17.4. The number of aliphatic hydroxyl groups is 1. The van der Waals surface area contributed by atoms with Crippen LogP contribution in [0.15, 0.2) is 11.1 Å². The van der Waals surface area contributed by atoms with Crippen LogP contribution in [0.1, 0.15) is 30.7 Å². The Bertz CT molecular complexity index is 535. The van der Waals surface area contributed by atoms with Gasteiger partial charge in [-0.3, -0.25) is 9.67 Å². The molecule has 0 spiro atoms. The van der Waals surface area contributed by atoms with Gasteiger partial charge >= 0.3 is 0 Å². The number of rotatable bonds is 8. The summed E-state index contributed by atoms with van der Waals surface area (Å²) in [5.41, 5.74) is 2.28. The summed E-state index contributed by atoms with van der Waals surface area (Å²) in [4.78, 5) is 4.28. The first kappa shape index (κ1) is 18.7. The molecule has 2 heterocycles. The SMILES string of the molecule is CN=C(NCCCn1nc(C)cc1C)NCC1(CCO)CCOC1. The van der Waals surface area contributed by atoms with Gasteiger partial charge in [0.15, 0.2) is 5.96 Å². The molecule has 0 radical (unpaired) electrons. The molecule has 7 nitrogen and oxygen atoms in total. The number of aryl methyl sites for hydroxylation is 3. The fourth-order valence-corrected chi connectivity index (χ4v) is 3.14. The molecule has 0 aromatic carbocycles. The van der Waals surface area contributed by atoms with E-state index in [1.54, 1.807) is 7.05 Å². The maximum atomic E-state index is 9.28. The van der Waals surface area contributed by atoms with Crippen LogP contribution in [0.4, 0.5) is 0 Å². The molecule has 2 rings (SSSR count). The van der Waals surface area contributed by atoms with Crippen LogP contribution >= 0.6 is 0 Å². The monoisotopic (exact) mass is 337 g/mol. The van der Waals surface area contributed by atoms with E-state index >= 15 is 0 Å². The summed E-state index contributed by atoms with van der Waals surface area (Å²) < 4.78 is 7.56.